The molecule has 0 saturated heterocycles. The first-order valence-electron chi connectivity index (χ1n) is 5.88. The van der Waals surface area contributed by atoms with Crippen LogP contribution >= 0.6 is 0 Å². The van der Waals surface area contributed by atoms with Crippen molar-refractivity contribution in [2.45, 2.75) is 6.54 Å². The molecule has 106 valence electrons. The molecule has 8 heteroatoms. The van der Waals surface area contributed by atoms with E-state index in [0.717, 1.165) is 0 Å². The maximum absolute atomic E-state index is 11.0. The number of benzene rings is 1. The minimum absolute atomic E-state index is 0.107. The van der Waals surface area contributed by atoms with Gasteiger partial charge in [0.2, 0.25) is 17.7 Å². The van der Waals surface area contributed by atoms with Crippen molar-refractivity contribution in [2.75, 3.05) is 18.8 Å². The summed E-state index contributed by atoms with van der Waals surface area (Å²) >= 11 is 0. The first-order valence-corrected chi connectivity index (χ1v) is 5.88. The van der Waals surface area contributed by atoms with Crippen molar-refractivity contribution in [2.24, 2.45) is 11.5 Å². The van der Waals surface area contributed by atoms with Gasteiger partial charge in [-0.3, -0.25) is 14.5 Å². The summed E-state index contributed by atoms with van der Waals surface area (Å²) in [5.74, 6) is -0.772. The molecule has 0 aliphatic rings. The van der Waals surface area contributed by atoms with Crippen molar-refractivity contribution < 1.29 is 14.0 Å². The van der Waals surface area contributed by atoms with E-state index in [4.69, 9.17) is 21.6 Å². The average molecular weight is 277 g/mol. The highest BCUT2D eigenvalue weighted by Crippen LogP contribution is 2.19. The van der Waals surface area contributed by atoms with Gasteiger partial charge in [0.25, 0.3) is 0 Å². The van der Waals surface area contributed by atoms with Crippen molar-refractivity contribution in [3.05, 3.63) is 24.1 Å². The Bertz CT molecular complexity index is 636. The highest BCUT2D eigenvalue weighted by molar-refractivity contribution is 5.79. The number of fused-ring (bicyclic) bond motifs is 1. The molecular weight excluding hydrogens is 262 g/mol. The lowest BCUT2D eigenvalue weighted by Gasteiger charge is -2.16. The van der Waals surface area contributed by atoms with Gasteiger partial charge in [-0.25, -0.2) is 4.98 Å². The minimum Gasteiger partial charge on any atom is -0.439 e. The number of nitrogens with two attached hydrogens (primary N) is 3. The lowest BCUT2D eigenvalue weighted by atomic mass is 10.3. The van der Waals surface area contributed by atoms with Crippen LogP contribution in [-0.2, 0) is 16.1 Å². The number of carbonyl (C=O) groups is 2. The molecule has 1 heterocycles. The SMILES string of the molecule is NC(=O)CN(CC(N)=O)Cc1nc2cc(N)ccc2o1. The van der Waals surface area contributed by atoms with Crippen molar-refractivity contribution >= 4 is 28.6 Å². The summed E-state index contributed by atoms with van der Waals surface area (Å²) in [6, 6.07) is 5.07. The van der Waals surface area contributed by atoms with Crippen molar-refractivity contribution in [3.63, 3.8) is 0 Å². The zero-order valence-electron chi connectivity index (χ0n) is 10.7. The molecule has 2 aromatic rings. The maximum atomic E-state index is 11.0. The molecule has 2 rings (SSSR count). The maximum Gasteiger partial charge on any atom is 0.231 e. The van der Waals surface area contributed by atoms with Gasteiger partial charge in [-0.15, -0.1) is 0 Å². The standard InChI is InChI=1S/C12H15N5O3/c13-7-1-2-9-8(3-7)16-12(20-9)6-17(4-10(14)18)5-11(15)19/h1-3H,4-6,13H2,(H2,14,18)(H2,15,19). The second-order valence-electron chi connectivity index (χ2n) is 4.41. The first-order chi connectivity index (χ1) is 9.44. The lowest BCUT2D eigenvalue weighted by Crippen LogP contribution is -2.39. The van der Waals surface area contributed by atoms with Crippen LogP contribution in [0, 0.1) is 0 Å². The molecule has 20 heavy (non-hydrogen) atoms. The fourth-order valence-electron chi connectivity index (χ4n) is 1.86. The molecule has 0 atom stereocenters. The number of hydrogen-bond acceptors (Lipinski definition) is 6. The highest BCUT2D eigenvalue weighted by Gasteiger charge is 2.15. The zero-order valence-corrected chi connectivity index (χ0v) is 10.7. The van der Waals surface area contributed by atoms with Crippen LogP contribution in [-0.4, -0.2) is 34.8 Å². The molecule has 0 aliphatic carbocycles. The molecule has 0 unspecified atom stereocenters. The Labute approximate surface area is 114 Å². The Hall–Kier alpha value is -2.61. The smallest absolute Gasteiger partial charge is 0.231 e. The van der Waals surface area contributed by atoms with Gasteiger partial charge in [0.05, 0.1) is 19.6 Å². The minimum atomic E-state index is -0.563. The number of hydrogen-bond donors (Lipinski definition) is 3. The van der Waals surface area contributed by atoms with Crippen LogP contribution in [0.15, 0.2) is 22.6 Å². The van der Waals surface area contributed by atoms with Gasteiger partial charge in [-0.05, 0) is 18.2 Å². The third kappa shape index (κ3) is 3.45. The average Bonchev–Trinajstić information content (AvgIpc) is 2.68. The van der Waals surface area contributed by atoms with E-state index in [1.807, 2.05) is 0 Å². The Balaban J connectivity index is 2.18. The molecule has 2 amide bonds. The van der Waals surface area contributed by atoms with Crippen LogP contribution < -0.4 is 17.2 Å². The number of nitrogen functional groups attached to an aromatic ring is 1. The Morgan fingerprint density at radius 2 is 1.85 bits per heavy atom. The molecule has 0 fully saturated rings. The van der Waals surface area contributed by atoms with Crippen molar-refractivity contribution in [1.29, 1.82) is 0 Å². The molecule has 0 saturated carbocycles. The highest BCUT2D eigenvalue weighted by atomic mass is 16.3. The summed E-state index contributed by atoms with van der Waals surface area (Å²) in [5, 5.41) is 0. The van der Waals surface area contributed by atoms with Gasteiger partial charge < -0.3 is 21.6 Å². The number of aromatic nitrogens is 1. The van der Waals surface area contributed by atoms with E-state index in [1.54, 1.807) is 18.2 Å². The molecule has 0 aliphatic heterocycles. The Morgan fingerprint density at radius 3 is 2.45 bits per heavy atom. The largest absolute Gasteiger partial charge is 0.439 e. The molecule has 6 N–H and O–H groups in total. The number of carbonyl (C=O) groups excluding carboxylic acids is 2. The summed E-state index contributed by atoms with van der Waals surface area (Å²) in [7, 11) is 0. The van der Waals surface area contributed by atoms with E-state index in [0.29, 0.717) is 22.7 Å². The molecule has 8 nitrogen and oxygen atoms in total. The number of anilines is 1. The van der Waals surface area contributed by atoms with E-state index in [2.05, 4.69) is 4.98 Å². The van der Waals surface area contributed by atoms with Gasteiger partial charge in [0, 0.05) is 5.69 Å². The topological polar surface area (TPSA) is 141 Å². The van der Waals surface area contributed by atoms with E-state index < -0.39 is 11.8 Å². The second kappa shape index (κ2) is 5.57. The van der Waals surface area contributed by atoms with Crippen LogP contribution in [0.2, 0.25) is 0 Å². The van der Waals surface area contributed by atoms with Gasteiger partial charge in [0.1, 0.15) is 5.52 Å². The Kier molecular flexibility index (Phi) is 3.85. The van der Waals surface area contributed by atoms with Gasteiger partial charge in [0.15, 0.2) is 5.58 Å². The van der Waals surface area contributed by atoms with Crippen molar-refractivity contribution in [3.8, 4) is 0 Å². The fraction of sp³-hybridized carbons (Fsp3) is 0.250. The molecule has 0 bridgehead atoms. The van der Waals surface area contributed by atoms with E-state index in [-0.39, 0.29) is 19.6 Å². The molecule has 1 aromatic carbocycles. The monoisotopic (exact) mass is 277 g/mol. The van der Waals surface area contributed by atoms with Crippen LogP contribution in [0.1, 0.15) is 5.89 Å². The quantitative estimate of drug-likeness (QED) is 0.589. The third-order valence-electron chi connectivity index (χ3n) is 2.57. The molecule has 0 radical (unpaired) electrons. The summed E-state index contributed by atoms with van der Waals surface area (Å²) in [6.45, 7) is -0.0614. The summed E-state index contributed by atoms with van der Waals surface area (Å²) in [5.41, 5.74) is 17.6. The number of amides is 2. The van der Waals surface area contributed by atoms with Crippen molar-refractivity contribution in [1.82, 2.24) is 9.88 Å². The number of rotatable bonds is 6. The summed E-state index contributed by atoms with van der Waals surface area (Å²) < 4.78 is 5.50. The predicted molar refractivity (Wildman–Crippen MR) is 72.1 cm³/mol. The van der Waals surface area contributed by atoms with E-state index >= 15 is 0 Å². The van der Waals surface area contributed by atoms with Crippen LogP contribution in [0.25, 0.3) is 11.1 Å². The molecule has 0 spiro atoms. The number of nitrogens with zero attached hydrogens (tertiary/aromatic N) is 2. The summed E-state index contributed by atoms with van der Waals surface area (Å²) in [4.78, 5) is 27.6. The Morgan fingerprint density at radius 1 is 1.20 bits per heavy atom. The fourth-order valence-corrected chi connectivity index (χ4v) is 1.86. The molecular formula is C12H15N5O3. The number of primary amides is 2. The van der Waals surface area contributed by atoms with E-state index in [1.165, 1.54) is 4.90 Å². The van der Waals surface area contributed by atoms with E-state index in [9.17, 15) is 9.59 Å². The normalized spacial score (nSPS) is 11.1. The van der Waals surface area contributed by atoms with Gasteiger partial charge in [-0.2, -0.15) is 0 Å². The lowest BCUT2D eigenvalue weighted by molar-refractivity contribution is -0.122. The first kappa shape index (κ1) is 13.8. The summed E-state index contributed by atoms with van der Waals surface area (Å²) in [6.07, 6.45) is 0. The van der Waals surface area contributed by atoms with Gasteiger partial charge >= 0.3 is 0 Å². The zero-order chi connectivity index (χ0) is 14.7. The van der Waals surface area contributed by atoms with Crippen LogP contribution in [0.5, 0.6) is 0 Å². The number of oxazole rings is 1. The second-order valence-corrected chi connectivity index (χ2v) is 4.41. The van der Waals surface area contributed by atoms with Gasteiger partial charge in [-0.1, -0.05) is 0 Å². The van der Waals surface area contributed by atoms with Crippen LogP contribution in [0.3, 0.4) is 0 Å². The predicted octanol–water partition coefficient (Wildman–Crippen LogP) is -0.817. The molecule has 1 aromatic heterocycles. The third-order valence-corrected chi connectivity index (χ3v) is 2.57. The van der Waals surface area contributed by atoms with Crippen LogP contribution in [0.4, 0.5) is 5.69 Å².